The maximum absolute atomic E-state index is 12.2. The minimum atomic E-state index is -0.319. The molecule has 0 aliphatic heterocycles. The minimum Gasteiger partial charge on any atom is -0.464 e. The average Bonchev–Trinajstić information content (AvgIpc) is 3.11. The standard InChI is InChI=1S/C20H23NO4S/c1-12(2)16-9-17-15(10-25-18(17)7-13(16)3)8-19(22)24-6-5-21-14(4)11-26-20(21)23/h7,9-12H,5-6,8H2,1-4H3. The van der Waals surface area contributed by atoms with Gasteiger partial charge in [0.2, 0.25) is 0 Å². The first-order valence-corrected chi connectivity index (χ1v) is 9.56. The second-order valence-electron chi connectivity index (χ2n) is 6.81. The van der Waals surface area contributed by atoms with Gasteiger partial charge in [0.15, 0.2) is 0 Å². The molecule has 26 heavy (non-hydrogen) atoms. The Labute approximate surface area is 156 Å². The fraction of sp³-hybridized carbons (Fsp3) is 0.400. The molecule has 3 rings (SSSR count). The lowest BCUT2D eigenvalue weighted by molar-refractivity contribution is -0.143. The van der Waals surface area contributed by atoms with E-state index in [0.717, 1.165) is 33.6 Å². The molecule has 1 aromatic carbocycles. The molecular weight excluding hydrogens is 350 g/mol. The quantitative estimate of drug-likeness (QED) is 0.608. The van der Waals surface area contributed by atoms with Crippen LogP contribution >= 0.6 is 11.3 Å². The molecule has 5 nitrogen and oxygen atoms in total. The molecule has 2 aromatic heterocycles. The summed E-state index contributed by atoms with van der Waals surface area (Å²) in [6, 6.07) is 4.13. The number of aromatic nitrogens is 1. The van der Waals surface area contributed by atoms with Crippen LogP contribution in [0.15, 0.2) is 33.0 Å². The number of nitrogens with zero attached hydrogens (tertiary/aromatic N) is 1. The van der Waals surface area contributed by atoms with Crippen LogP contribution in [0.2, 0.25) is 0 Å². The first-order chi connectivity index (χ1) is 12.4. The molecule has 0 unspecified atom stereocenters. The molecule has 0 bridgehead atoms. The first-order valence-electron chi connectivity index (χ1n) is 8.68. The third kappa shape index (κ3) is 3.75. The van der Waals surface area contributed by atoms with Crippen LogP contribution in [0.3, 0.4) is 0 Å². The van der Waals surface area contributed by atoms with Crippen LogP contribution < -0.4 is 4.87 Å². The Kier molecular flexibility index (Phi) is 5.32. The van der Waals surface area contributed by atoms with Crippen LogP contribution in [0.25, 0.3) is 11.0 Å². The zero-order valence-electron chi connectivity index (χ0n) is 15.5. The van der Waals surface area contributed by atoms with Crippen LogP contribution in [0, 0.1) is 13.8 Å². The molecular formula is C20H23NO4S. The number of furan rings is 1. The Morgan fingerprint density at radius 2 is 2.08 bits per heavy atom. The summed E-state index contributed by atoms with van der Waals surface area (Å²) in [5.41, 5.74) is 4.94. The number of carbonyl (C=O) groups is 1. The van der Waals surface area contributed by atoms with Gasteiger partial charge in [0, 0.05) is 22.0 Å². The molecule has 6 heteroatoms. The van der Waals surface area contributed by atoms with Crippen molar-refractivity contribution in [2.24, 2.45) is 0 Å². The van der Waals surface area contributed by atoms with Gasteiger partial charge in [-0.25, -0.2) is 0 Å². The average molecular weight is 373 g/mol. The number of rotatable bonds is 6. The highest BCUT2D eigenvalue weighted by atomic mass is 32.1. The van der Waals surface area contributed by atoms with E-state index in [-0.39, 0.29) is 23.9 Å². The minimum absolute atomic E-state index is 0.0315. The lowest BCUT2D eigenvalue weighted by Crippen LogP contribution is -2.20. The van der Waals surface area contributed by atoms with E-state index in [4.69, 9.17) is 9.15 Å². The van der Waals surface area contributed by atoms with Crippen LogP contribution in [-0.4, -0.2) is 17.1 Å². The lowest BCUT2D eigenvalue weighted by atomic mass is 9.95. The van der Waals surface area contributed by atoms with Crippen molar-refractivity contribution in [3.63, 3.8) is 0 Å². The molecule has 0 saturated carbocycles. The Hall–Kier alpha value is -2.34. The Morgan fingerprint density at radius 3 is 2.73 bits per heavy atom. The zero-order chi connectivity index (χ0) is 18.8. The van der Waals surface area contributed by atoms with Crippen molar-refractivity contribution in [3.05, 3.63) is 55.8 Å². The van der Waals surface area contributed by atoms with E-state index in [1.807, 2.05) is 13.0 Å². The number of aryl methyl sites for hydroxylation is 2. The first kappa shape index (κ1) is 18.5. The van der Waals surface area contributed by atoms with Crippen LogP contribution in [-0.2, 0) is 22.5 Å². The summed E-state index contributed by atoms with van der Waals surface area (Å²) in [6.07, 6.45) is 1.79. The number of benzene rings is 1. The summed E-state index contributed by atoms with van der Waals surface area (Å²) in [7, 11) is 0. The molecule has 3 aromatic rings. The van der Waals surface area contributed by atoms with Crippen molar-refractivity contribution >= 4 is 28.3 Å². The molecule has 0 fully saturated rings. The number of ether oxygens (including phenoxy) is 1. The normalized spacial score (nSPS) is 11.4. The van der Waals surface area contributed by atoms with E-state index in [2.05, 4.69) is 26.8 Å². The van der Waals surface area contributed by atoms with Crippen molar-refractivity contribution in [2.45, 2.75) is 46.6 Å². The Morgan fingerprint density at radius 1 is 1.31 bits per heavy atom. The monoisotopic (exact) mass is 373 g/mol. The summed E-state index contributed by atoms with van der Waals surface area (Å²) in [6.45, 7) is 8.80. The fourth-order valence-corrected chi connectivity index (χ4v) is 3.90. The second kappa shape index (κ2) is 7.50. The van der Waals surface area contributed by atoms with Gasteiger partial charge in [0.25, 0.3) is 0 Å². The van der Waals surface area contributed by atoms with Gasteiger partial charge in [-0.15, -0.1) is 0 Å². The van der Waals surface area contributed by atoms with Gasteiger partial charge in [-0.1, -0.05) is 25.2 Å². The van der Waals surface area contributed by atoms with E-state index in [9.17, 15) is 9.59 Å². The van der Waals surface area contributed by atoms with E-state index in [0.29, 0.717) is 12.5 Å². The summed E-state index contributed by atoms with van der Waals surface area (Å²) >= 11 is 1.15. The van der Waals surface area contributed by atoms with E-state index in [1.54, 1.807) is 16.2 Å². The summed E-state index contributed by atoms with van der Waals surface area (Å²) in [5, 5.41) is 2.76. The molecule has 138 valence electrons. The smallest absolute Gasteiger partial charge is 0.310 e. The van der Waals surface area contributed by atoms with Crippen molar-refractivity contribution in [1.29, 1.82) is 0 Å². The molecule has 0 aliphatic rings. The highest BCUT2D eigenvalue weighted by molar-refractivity contribution is 7.07. The third-order valence-corrected chi connectivity index (χ3v) is 5.43. The van der Waals surface area contributed by atoms with E-state index >= 15 is 0 Å². The van der Waals surface area contributed by atoms with Gasteiger partial charge < -0.3 is 9.15 Å². The van der Waals surface area contributed by atoms with Crippen molar-refractivity contribution in [2.75, 3.05) is 6.61 Å². The largest absolute Gasteiger partial charge is 0.464 e. The molecule has 0 radical (unpaired) electrons. The predicted molar refractivity (Wildman–Crippen MR) is 103 cm³/mol. The lowest BCUT2D eigenvalue weighted by Gasteiger charge is -2.10. The summed E-state index contributed by atoms with van der Waals surface area (Å²) in [5.74, 6) is 0.0848. The van der Waals surface area contributed by atoms with Crippen molar-refractivity contribution < 1.29 is 13.9 Å². The van der Waals surface area contributed by atoms with Crippen molar-refractivity contribution in [1.82, 2.24) is 4.57 Å². The zero-order valence-corrected chi connectivity index (χ0v) is 16.3. The molecule has 0 amide bonds. The van der Waals surface area contributed by atoms with Gasteiger partial charge >= 0.3 is 10.8 Å². The maximum Gasteiger partial charge on any atom is 0.310 e. The third-order valence-electron chi connectivity index (χ3n) is 4.55. The maximum atomic E-state index is 12.2. The fourth-order valence-electron chi connectivity index (χ4n) is 3.14. The number of carbonyl (C=O) groups excluding carboxylic acids is 1. The van der Waals surface area contributed by atoms with Crippen LogP contribution in [0.5, 0.6) is 0 Å². The van der Waals surface area contributed by atoms with E-state index < -0.39 is 0 Å². The molecule has 0 saturated heterocycles. The van der Waals surface area contributed by atoms with Crippen LogP contribution in [0.1, 0.15) is 42.1 Å². The van der Waals surface area contributed by atoms with Gasteiger partial charge in [0.05, 0.1) is 19.2 Å². The Balaban J connectivity index is 1.67. The second-order valence-corrected chi connectivity index (χ2v) is 7.63. The molecule has 0 atom stereocenters. The number of fused-ring (bicyclic) bond motifs is 1. The van der Waals surface area contributed by atoms with Crippen molar-refractivity contribution in [3.8, 4) is 0 Å². The summed E-state index contributed by atoms with van der Waals surface area (Å²) < 4.78 is 12.5. The van der Waals surface area contributed by atoms with Gasteiger partial charge in [-0.2, -0.15) is 0 Å². The van der Waals surface area contributed by atoms with E-state index in [1.165, 1.54) is 11.1 Å². The predicted octanol–water partition coefficient (Wildman–Crippen LogP) is 4.18. The molecule has 2 heterocycles. The number of hydrogen-bond donors (Lipinski definition) is 0. The highest BCUT2D eigenvalue weighted by Crippen LogP contribution is 2.29. The van der Waals surface area contributed by atoms with Gasteiger partial charge in [-0.05, 0) is 43.0 Å². The molecule has 0 aliphatic carbocycles. The highest BCUT2D eigenvalue weighted by Gasteiger charge is 2.15. The number of thiazole rings is 1. The SMILES string of the molecule is Cc1cc2occ(CC(=O)OCCn3c(C)csc3=O)c2cc1C(C)C. The van der Waals surface area contributed by atoms with Gasteiger partial charge in [0.1, 0.15) is 12.2 Å². The number of esters is 1. The topological polar surface area (TPSA) is 61.4 Å². The number of hydrogen-bond acceptors (Lipinski definition) is 5. The molecule has 0 N–H and O–H groups in total. The van der Waals surface area contributed by atoms with Crippen LogP contribution in [0.4, 0.5) is 0 Å². The molecule has 0 spiro atoms. The Bertz CT molecular complexity index is 993. The van der Waals surface area contributed by atoms with Gasteiger partial charge in [-0.3, -0.25) is 14.2 Å². The summed E-state index contributed by atoms with van der Waals surface area (Å²) in [4.78, 5) is 23.8.